The second kappa shape index (κ2) is 4.93. The van der Waals surface area contributed by atoms with E-state index in [0.717, 1.165) is 31.5 Å². The number of rotatable bonds is 3. The van der Waals surface area contributed by atoms with Gasteiger partial charge in [0, 0.05) is 6.54 Å². The Hall–Kier alpha value is -0.930. The first-order valence-corrected chi connectivity index (χ1v) is 6.00. The van der Waals surface area contributed by atoms with Gasteiger partial charge in [-0.1, -0.05) is 17.7 Å². The molecule has 0 saturated heterocycles. The van der Waals surface area contributed by atoms with E-state index in [2.05, 4.69) is 5.32 Å². The second-order valence-electron chi connectivity index (χ2n) is 4.41. The summed E-state index contributed by atoms with van der Waals surface area (Å²) < 4.78 is 0. The number of nitrogens with one attached hydrogen (secondary N) is 1. The molecule has 0 amide bonds. The predicted molar refractivity (Wildman–Crippen MR) is 67.7 cm³/mol. The Morgan fingerprint density at radius 3 is 2.94 bits per heavy atom. The largest absolute Gasteiger partial charge is 0.396 e. The predicted octanol–water partition coefficient (Wildman–Crippen LogP) is 2.50. The second-order valence-corrected chi connectivity index (χ2v) is 4.82. The highest BCUT2D eigenvalue weighted by atomic mass is 35.5. The molecule has 4 N–H and O–H groups in total. The summed E-state index contributed by atoms with van der Waals surface area (Å²) in [4.78, 5) is 0. The molecule has 4 heteroatoms. The monoisotopic (exact) mass is 240 g/mol. The normalized spacial score (nSPS) is 24.6. The van der Waals surface area contributed by atoms with Gasteiger partial charge in [-0.25, -0.2) is 0 Å². The minimum absolute atomic E-state index is 0.122. The van der Waals surface area contributed by atoms with Gasteiger partial charge in [-0.05, 0) is 37.3 Å². The Balaban J connectivity index is 1.92. The Bertz CT molecular complexity index is 370. The summed E-state index contributed by atoms with van der Waals surface area (Å²) >= 11 is 5.93. The van der Waals surface area contributed by atoms with E-state index >= 15 is 0 Å². The van der Waals surface area contributed by atoms with Crippen LogP contribution in [-0.4, -0.2) is 17.8 Å². The van der Waals surface area contributed by atoms with Crippen molar-refractivity contribution in [3.8, 4) is 0 Å². The number of hydrogen-bond acceptors (Lipinski definition) is 3. The highest BCUT2D eigenvalue weighted by Gasteiger charge is 2.22. The van der Waals surface area contributed by atoms with Crippen molar-refractivity contribution in [1.29, 1.82) is 0 Å². The molecule has 1 aromatic rings. The summed E-state index contributed by atoms with van der Waals surface area (Å²) in [5.41, 5.74) is 7.33. The summed E-state index contributed by atoms with van der Waals surface area (Å²) in [6, 6.07) is 5.58. The van der Waals surface area contributed by atoms with Gasteiger partial charge >= 0.3 is 0 Å². The molecule has 0 aromatic heterocycles. The summed E-state index contributed by atoms with van der Waals surface area (Å²) in [7, 11) is 0. The molecule has 0 spiro atoms. The Morgan fingerprint density at radius 2 is 2.25 bits per heavy atom. The fraction of sp³-hybridized carbons (Fsp3) is 0.500. The third kappa shape index (κ3) is 2.60. The minimum Gasteiger partial charge on any atom is -0.396 e. The number of nitrogens with two attached hydrogens (primary N) is 1. The number of halogens is 1. The van der Waals surface area contributed by atoms with Gasteiger partial charge in [0.1, 0.15) is 0 Å². The lowest BCUT2D eigenvalue weighted by atomic mass is 10.1. The molecule has 1 fully saturated rings. The third-order valence-corrected chi connectivity index (χ3v) is 3.48. The van der Waals surface area contributed by atoms with Gasteiger partial charge in [0.15, 0.2) is 0 Å². The summed E-state index contributed by atoms with van der Waals surface area (Å²) in [5, 5.41) is 13.3. The van der Waals surface area contributed by atoms with Crippen molar-refractivity contribution in [1.82, 2.24) is 0 Å². The average molecular weight is 241 g/mol. The number of aliphatic hydroxyl groups is 1. The molecule has 3 nitrogen and oxygen atoms in total. The molecule has 0 bridgehead atoms. The van der Waals surface area contributed by atoms with Gasteiger partial charge in [0.25, 0.3) is 0 Å². The number of benzene rings is 1. The number of para-hydroxylation sites is 1. The minimum atomic E-state index is -0.122. The zero-order chi connectivity index (χ0) is 11.5. The van der Waals surface area contributed by atoms with Crippen molar-refractivity contribution < 1.29 is 5.11 Å². The molecule has 88 valence electrons. The SMILES string of the molecule is Nc1c(Cl)cccc1NCC1CCC(O)C1. The molecule has 2 unspecified atom stereocenters. The lowest BCUT2D eigenvalue weighted by Crippen LogP contribution is -2.13. The Kier molecular flexibility index (Phi) is 3.56. The maximum Gasteiger partial charge on any atom is 0.0739 e. The lowest BCUT2D eigenvalue weighted by Gasteiger charge is -2.14. The quantitative estimate of drug-likeness (QED) is 0.712. The van der Waals surface area contributed by atoms with Crippen molar-refractivity contribution in [2.24, 2.45) is 5.92 Å². The number of hydrogen-bond donors (Lipinski definition) is 3. The van der Waals surface area contributed by atoms with E-state index in [1.54, 1.807) is 6.07 Å². The van der Waals surface area contributed by atoms with Crippen LogP contribution < -0.4 is 11.1 Å². The molecule has 0 heterocycles. The standard InChI is InChI=1S/C12H17ClN2O/c13-10-2-1-3-11(12(10)14)15-7-8-4-5-9(16)6-8/h1-3,8-9,15-16H,4-7,14H2. The fourth-order valence-electron chi connectivity index (χ4n) is 2.18. The van der Waals surface area contributed by atoms with Gasteiger partial charge in [0.2, 0.25) is 0 Å². The molecule has 1 aliphatic rings. The lowest BCUT2D eigenvalue weighted by molar-refractivity contribution is 0.178. The van der Waals surface area contributed by atoms with E-state index in [4.69, 9.17) is 17.3 Å². The van der Waals surface area contributed by atoms with E-state index in [1.807, 2.05) is 12.1 Å². The number of nitrogen functional groups attached to an aromatic ring is 1. The van der Waals surface area contributed by atoms with E-state index in [-0.39, 0.29) is 6.10 Å². The third-order valence-electron chi connectivity index (χ3n) is 3.15. The van der Waals surface area contributed by atoms with Crippen LogP contribution in [0.5, 0.6) is 0 Å². The van der Waals surface area contributed by atoms with Crippen molar-refractivity contribution in [3.05, 3.63) is 23.2 Å². The van der Waals surface area contributed by atoms with Crippen LogP contribution in [0, 0.1) is 5.92 Å². The maximum atomic E-state index is 9.42. The van der Waals surface area contributed by atoms with Crippen LogP contribution >= 0.6 is 11.6 Å². The van der Waals surface area contributed by atoms with Crippen LogP contribution in [0.15, 0.2) is 18.2 Å². The molecule has 2 atom stereocenters. The van der Waals surface area contributed by atoms with Crippen molar-refractivity contribution in [3.63, 3.8) is 0 Å². The molecular weight excluding hydrogens is 224 g/mol. The fourth-order valence-corrected chi connectivity index (χ4v) is 2.35. The molecule has 2 rings (SSSR count). The van der Waals surface area contributed by atoms with Crippen LogP contribution in [0.25, 0.3) is 0 Å². The van der Waals surface area contributed by atoms with E-state index in [9.17, 15) is 5.11 Å². The first-order valence-electron chi connectivity index (χ1n) is 5.62. The molecular formula is C12H17ClN2O. The van der Waals surface area contributed by atoms with Crippen LogP contribution in [0.4, 0.5) is 11.4 Å². The molecule has 0 aliphatic heterocycles. The first kappa shape index (κ1) is 11.6. The summed E-state index contributed by atoms with van der Waals surface area (Å²) in [6.07, 6.45) is 2.75. The average Bonchev–Trinajstić information content (AvgIpc) is 2.67. The van der Waals surface area contributed by atoms with Crippen molar-refractivity contribution in [2.45, 2.75) is 25.4 Å². The van der Waals surface area contributed by atoms with E-state index in [1.165, 1.54) is 0 Å². The van der Waals surface area contributed by atoms with Crippen molar-refractivity contribution >= 4 is 23.0 Å². The zero-order valence-corrected chi connectivity index (χ0v) is 9.87. The van der Waals surface area contributed by atoms with Gasteiger partial charge in [-0.15, -0.1) is 0 Å². The molecule has 1 saturated carbocycles. The van der Waals surface area contributed by atoms with E-state index in [0.29, 0.717) is 16.6 Å². The highest BCUT2D eigenvalue weighted by Crippen LogP contribution is 2.29. The van der Waals surface area contributed by atoms with Crippen molar-refractivity contribution in [2.75, 3.05) is 17.6 Å². The smallest absolute Gasteiger partial charge is 0.0739 e. The highest BCUT2D eigenvalue weighted by molar-refractivity contribution is 6.33. The molecule has 1 aliphatic carbocycles. The van der Waals surface area contributed by atoms with Gasteiger partial charge < -0.3 is 16.2 Å². The number of anilines is 2. The van der Waals surface area contributed by atoms with Crippen LogP contribution in [0.2, 0.25) is 5.02 Å². The first-order chi connectivity index (χ1) is 7.66. The Labute approximate surface area is 101 Å². The van der Waals surface area contributed by atoms with E-state index < -0.39 is 0 Å². The number of aliphatic hydroxyl groups excluding tert-OH is 1. The zero-order valence-electron chi connectivity index (χ0n) is 9.12. The van der Waals surface area contributed by atoms with Gasteiger partial charge in [-0.3, -0.25) is 0 Å². The molecule has 16 heavy (non-hydrogen) atoms. The van der Waals surface area contributed by atoms with Crippen LogP contribution in [-0.2, 0) is 0 Å². The van der Waals surface area contributed by atoms with Gasteiger partial charge in [-0.2, -0.15) is 0 Å². The topological polar surface area (TPSA) is 58.3 Å². The molecule has 1 aromatic carbocycles. The summed E-state index contributed by atoms with van der Waals surface area (Å²) in [5.74, 6) is 0.536. The molecule has 0 radical (unpaired) electrons. The van der Waals surface area contributed by atoms with Crippen LogP contribution in [0.3, 0.4) is 0 Å². The summed E-state index contributed by atoms with van der Waals surface area (Å²) in [6.45, 7) is 0.849. The maximum absolute atomic E-state index is 9.42. The Morgan fingerprint density at radius 1 is 1.44 bits per heavy atom. The van der Waals surface area contributed by atoms with Crippen LogP contribution in [0.1, 0.15) is 19.3 Å². The van der Waals surface area contributed by atoms with Gasteiger partial charge in [0.05, 0.1) is 22.5 Å².